The maximum Gasteiger partial charge on any atom is 0.303 e. The summed E-state index contributed by atoms with van der Waals surface area (Å²) in [6, 6.07) is 4.30. The standard InChI is InChI=1S/C20H29N3O3.ClH/c24-19(25)6-3-15-1-4-17(5-2-15)22-20(26)16-9-13-23(14-10-16)18-7-11-21-12-8-18;/h7-8,11-12,15-17H,1-6,9-10,13-14H2,(H,22,26)(H,24,25);1H/t15-,17-;. The van der Waals surface area contributed by atoms with Crippen molar-refractivity contribution >= 4 is 30.0 Å². The van der Waals surface area contributed by atoms with Gasteiger partial charge >= 0.3 is 5.97 Å². The van der Waals surface area contributed by atoms with Gasteiger partial charge in [0.1, 0.15) is 0 Å². The highest BCUT2D eigenvalue weighted by molar-refractivity contribution is 5.85. The van der Waals surface area contributed by atoms with Gasteiger partial charge in [0.05, 0.1) is 0 Å². The van der Waals surface area contributed by atoms with Gasteiger partial charge in [0.15, 0.2) is 0 Å². The van der Waals surface area contributed by atoms with Crippen LogP contribution in [0.5, 0.6) is 0 Å². The Bertz CT molecular complexity index is 598. The summed E-state index contributed by atoms with van der Waals surface area (Å²) in [5.41, 5.74) is 1.18. The molecule has 0 aromatic carbocycles. The topological polar surface area (TPSA) is 82.5 Å². The number of carbonyl (C=O) groups is 2. The van der Waals surface area contributed by atoms with Crippen LogP contribution in [-0.4, -0.2) is 41.1 Å². The van der Waals surface area contributed by atoms with Crippen LogP contribution in [0.3, 0.4) is 0 Å². The van der Waals surface area contributed by atoms with E-state index in [9.17, 15) is 9.59 Å². The zero-order chi connectivity index (χ0) is 18.4. The van der Waals surface area contributed by atoms with Crippen molar-refractivity contribution in [3.63, 3.8) is 0 Å². The van der Waals surface area contributed by atoms with Crippen molar-refractivity contribution in [2.24, 2.45) is 11.8 Å². The van der Waals surface area contributed by atoms with Gasteiger partial charge in [0.25, 0.3) is 0 Å². The van der Waals surface area contributed by atoms with E-state index in [4.69, 9.17) is 5.11 Å². The van der Waals surface area contributed by atoms with Crippen LogP contribution < -0.4 is 10.2 Å². The van der Waals surface area contributed by atoms with Crippen molar-refractivity contribution in [2.75, 3.05) is 18.0 Å². The fourth-order valence-corrected chi connectivity index (χ4v) is 4.20. The molecule has 0 spiro atoms. The summed E-state index contributed by atoms with van der Waals surface area (Å²) >= 11 is 0. The summed E-state index contributed by atoms with van der Waals surface area (Å²) in [5, 5.41) is 12.0. The zero-order valence-corrected chi connectivity index (χ0v) is 16.5. The number of carbonyl (C=O) groups excluding carboxylic acids is 1. The van der Waals surface area contributed by atoms with Gasteiger partial charge in [-0.05, 0) is 63.0 Å². The zero-order valence-electron chi connectivity index (χ0n) is 15.7. The Kier molecular flexibility index (Phi) is 8.35. The second-order valence-electron chi connectivity index (χ2n) is 7.63. The Hall–Kier alpha value is -1.82. The average Bonchev–Trinajstić information content (AvgIpc) is 2.68. The van der Waals surface area contributed by atoms with Crippen LogP contribution in [0.15, 0.2) is 24.5 Å². The summed E-state index contributed by atoms with van der Waals surface area (Å²) in [7, 11) is 0. The molecule has 0 unspecified atom stereocenters. The summed E-state index contributed by atoms with van der Waals surface area (Å²) in [5.74, 6) is 0.104. The maximum absolute atomic E-state index is 12.6. The fraction of sp³-hybridized carbons (Fsp3) is 0.650. The lowest BCUT2D eigenvalue weighted by Gasteiger charge is -2.34. The minimum absolute atomic E-state index is 0. The number of nitrogens with zero attached hydrogens (tertiary/aromatic N) is 2. The number of hydrogen-bond donors (Lipinski definition) is 2. The molecule has 1 aromatic heterocycles. The number of rotatable bonds is 6. The number of aromatic nitrogens is 1. The summed E-state index contributed by atoms with van der Waals surface area (Å²) in [6.07, 6.45) is 10.4. The molecule has 2 N–H and O–H groups in total. The Morgan fingerprint density at radius 2 is 1.70 bits per heavy atom. The number of halogens is 1. The van der Waals surface area contributed by atoms with Gasteiger partial charge in [-0.3, -0.25) is 14.6 Å². The highest BCUT2D eigenvalue weighted by Crippen LogP contribution is 2.29. The number of anilines is 1. The molecule has 1 aliphatic carbocycles. The van der Waals surface area contributed by atoms with Crippen LogP contribution in [0.25, 0.3) is 0 Å². The van der Waals surface area contributed by atoms with Crippen LogP contribution in [0.4, 0.5) is 5.69 Å². The third-order valence-corrected chi connectivity index (χ3v) is 5.85. The first-order chi connectivity index (χ1) is 12.6. The van der Waals surface area contributed by atoms with Crippen LogP contribution in [0, 0.1) is 11.8 Å². The SMILES string of the molecule is Cl.O=C(O)CC[C@H]1CC[C@H](NC(=O)C2CCN(c3ccncc3)CC2)CC1. The molecule has 2 heterocycles. The molecule has 1 saturated heterocycles. The van der Waals surface area contributed by atoms with Crippen molar-refractivity contribution in [1.29, 1.82) is 0 Å². The van der Waals surface area contributed by atoms with Crippen molar-refractivity contribution in [1.82, 2.24) is 10.3 Å². The van der Waals surface area contributed by atoms with Crippen LogP contribution in [0.2, 0.25) is 0 Å². The van der Waals surface area contributed by atoms with Crippen LogP contribution >= 0.6 is 12.4 Å². The van der Waals surface area contributed by atoms with Gasteiger partial charge in [-0.25, -0.2) is 0 Å². The van der Waals surface area contributed by atoms with E-state index in [2.05, 4.69) is 15.2 Å². The van der Waals surface area contributed by atoms with Crippen LogP contribution in [0.1, 0.15) is 51.4 Å². The first-order valence-electron chi connectivity index (χ1n) is 9.79. The van der Waals surface area contributed by atoms with E-state index in [1.807, 2.05) is 12.1 Å². The summed E-state index contributed by atoms with van der Waals surface area (Å²) < 4.78 is 0. The van der Waals surface area contributed by atoms with E-state index in [1.54, 1.807) is 12.4 Å². The molecule has 1 aliphatic heterocycles. The Morgan fingerprint density at radius 1 is 1.07 bits per heavy atom. The van der Waals surface area contributed by atoms with Crippen molar-refractivity contribution < 1.29 is 14.7 Å². The Morgan fingerprint density at radius 3 is 2.30 bits per heavy atom. The van der Waals surface area contributed by atoms with E-state index < -0.39 is 5.97 Å². The van der Waals surface area contributed by atoms with Crippen molar-refractivity contribution in [3.8, 4) is 0 Å². The lowest BCUT2D eigenvalue weighted by atomic mass is 9.83. The van der Waals surface area contributed by atoms with E-state index in [0.29, 0.717) is 5.92 Å². The van der Waals surface area contributed by atoms with Crippen molar-refractivity contribution in [2.45, 2.75) is 57.4 Å². The molecule has 0 bridgehead atoms. The number of carboxylic acid groups (broad SMARTS) is 1. The van der Waals surface area contributed by atoms with E-state index in [1.165, 1.54) is 5.69 Å². The number of piperidine rings is 1. The summed E-state index contributed by atoms with van der Waals surface area (Å²) in [4.78, 5) is 29.6. The minimum Gasteiger partial charge on any atom is -0.481 e. The normalized spacial score (nSPS) is 23.3. The molecule has 0 atom stereocenters. The average molecular weight is 396 g/mol. The number of amides is 1. The number of hydrogen-bond acceptors (Lipinski definition) is 4. The van der Waals surface area contributed by atoms with Crippen LogP contribution in [-0.2, 0) is 9.59 Å². The third-order valence-electron chi connectivity index (χ3n) is 5.85. The first-order valence-corrected chi connectivity index (χ1v) is 9.79. The first kappa shape index (κ1) is 21.5. The molecule has 1 amide bonds. The molecule has 7 heteroatoms. The molecular weight excluding hydrogens is 366 g/mol. The molecule has 1 saturated carbocycles. The highest BCUT2D eigenvalue weighted by Gasteiger charge is 2.28. The second kappa shape index (κ2) is 10.5. The summed E-state index contributed by atoms with van der Waals surface area (Å²) in [6.45, 7) is 1.81. The van der Waals surface area contributed by atoms with Gasteiger partial charge in [0, 0.05) is 49.6 Å². The predicted molar refractivity (Wildman–Crippen MR) is 107 cm³/mol. The van der Waals surface area contributed by atoms with Gasteiger partial charge in [-0.15, -0.1) is 12.4 Å². The van der Waals surface area contributed by atoms with E-state index >= 15 is 0 Å². The minimum atomic E-state index is -0.710. The molecule has 2 aliphatic rings. The molecule has 150 valence electrons. The molecule has 0 radical (unpaired) electrons. The van der Waals surface area contributed by atoms with Gasteiger partial charge in [-0.1, -0.05) is 0 Å². The third kappa shape index (κ3) is 6.38. The molecule has 2 fully saturated rings. The number of aliphatic carboxylic acids is 1. The number of pyridine rings is 1. The molecule has 1 aromatic rings. The van der Waals surface area contributed by atoms with E-state index in [-0.39, 0.29) is 36.7 Å². The Balaban J connectivity index is 0.00000261. The Labute approximate surface area is 167 Å². The number of carboxylic acids is 1. The largest absolute Gasteiger partial charge is 0.481 e. The molecular formula is C20H30ClN3O3. The number of nitrogens with one attached hydrogen (secondary N) is 1. The van der Waals surface area contributed by atoms with Gasteiger partial charge < -0.3 is 15.3 Å². The lowest BCUT2D eigenvalue weighted by molar-refractivity contribution is -0.137. The maximum atomic E-state index is 12.6. The monoisotopic (exact) mass is 395 g/mol. The quantitative estimate of drug-likeness (QED) is 0.772. The molecule has 27 heavy (non-hydrogen) atoms. The fourth-order valence-electron chi connectivity index (χ4n) is 4.20. The smallest absolute Gasteiger partial charge is 0.303 e. The van der Waals surface area contributed by atoms with Gasteiger partial charge in [-0.2, -0.15) is 0 Å². The molecule has 3 rings (SSSR count). The second-order valence-corrected chi connectivity index (χ2v) is 7.63. The van der Waals surface area contributed by atoms with Crippen molar-refractivity contribution in [3.05, 3.63) is 24.5 Å². The van der Waals surface area contributed by atoms with Gasteiger partial charge in [0.2, 0.25) is 5.91 Å². The highest BCUT2D eigenvalue weighted by atomic mass is 35.5. The van der Waals surface area contributed by atoms with E-state index in [0.717, 1.165) is 58.0 Å². The lowest BCUT2D eigenvalue weighted by Crippen LogP contribution is -2.45. The predicted octanol–water partition coefficient (Wildman–Crippen LogP) is 3.26. The molecule has 6 nitrogen and oxygen atoms in total.